The van der Waals surface area contributed by atoms with E-state index >= 15 is 0 Å². The predicted molar refractivity (Wildman–Crippen MR) is 115 cm³/mol. The van der Waals surface area contributed by atoms with Crippen LogP contribution in [0.2, 0.25) is 0 Å². The number of hydrogen-bond acceptors (Lipinski definition) is 5. The number of carboxylic acids is 1. The fraction of sp³-hybridized carbons (Fsp3) is 0.375. The lowest BCUT2D eigenvalue weighted by molar-refractivity contribution is -0.157. The molecular weight excluding hydrogens is 398 g/mol. The minimum Gasteiger partial charge on any atom is -0.481 e. The molecule has 2 N–H and O–H groups in total. The summed E-state index contributed by atoms with van der Waals surface area (Å²) in [6.07, 6.45) is -1.16. The average Bonchev–Trinajstić information content (AvgIpc) is 3.02. The van der Waals surface area contributed by atoms with Crippen molar-refractivity contribution in [2.24, 2.45) is 0 Å². The summed E-state index contributed by atoms with van der Waals surface area (Å²) in [5, 5.41) is 11.4. The van der Waals surface area contributed by atoms with Crippen molar-refractivity contribution >= 4 is 18.0 Å². The van der Waals surface area contributed by atoms with Crippen molar-refractivity contribution in [2.45, 2.75) is 51.2 Å². The molecule has 0 saturated heterocycles. The second-order valence-corrected chi connectivity index (χ2v) is 8.49. The number of alkyl carbamates (subject to hydrolysis) is 1. The molecule has 3 rings (SSSR count). The van der Waals surface area contributed by atoms with E-state index in [2.05, 4.69) is 5.32 Å². The molecule has 7 heteroatoms. The minimum absolute atomic E-state index is 0.0888. The van der Waals surface area contributed by atoms with E-state index in [0.29, 0.717) is 0 Å². The number of hydrogen-bond donors (Lipinski definition) is 2. The normalized spacial score (nSPS) is 13.6. The third-order valence-corrected chi connectivity index (χ3v) is 4.97. The van der Waals surface area contributed by atoms with Crippen molar-refractivity contribution in [3.63, 3.8) is 0 Å². The maximum absolute atomic E-state index is 12.5. The Morgan fingerprint density at radius 2 is 1.55 bits per heavy atom. The summed E-state index contributed by atoms with van der Waals surface area (Å²) in [6, 6.07) is 14.8. The van der Waals surface area contributed by atoms with E-state index in [9.17, 15) is 14.4 Å². The zero-order chi connectivity index (χ0) is 22.6. The fourth-order valence-electron chi connectivity index (χ4n) is 3.67. The predicted octanol–water partition coefficient (Wildman–Crippen LogP) is 4.10. The van der Waals surface area contributed by atoms with Crippen LogP contribution < -0.4 is 5.32 Å². The van der Waals surface area contributed by atoms with Gasteiger partial charge < -0.3 is 19.9 Å². The first kappa shape index (κ1) is 22.3. The summed E-state index contributed by atoms with van der Waals surface area (Å²) < 4.78 is 10.8. The van der Waals surface area contributed by atoms with E-state index in [4.69, 9.17) is 14.6 Å². The van der Waals surface area contributed by atoms with E-state index < -0.39 is 29.7 Å². The standard InChI is InChI=1S/C24H27NO6/c1-24(2,3)31-22(28)20(12-13-21(26)27)25-23(29)30-14-19-17-10-6-4-8-15(17)16-9-5-7-11-18(16)19/h4-11,19-20H,12-14H2,1-3H3,(H,25,29)(H,26,27)/t20-/m1/s1. The summed E-state index contributed by atoms with van der Waals surface area (Å²) >= 11 is 0. The maximum Gasteiger partial charge on any atom is 0.407 e. The molecule has 164 valence electrons. The first-order chi connectivity index (χ1) is 14.7. The number of carbonyl (C=O) groups excluding carboxylic acids is 2. The Labute approximate surface area is 181 Å². The van der Waals surface area contributed by atoms with Crippen LogP contribution in [0.15, 0.2) is 48.5 Å². The van der Waals surface area contributed by atoms with E-state index in [1.54, 1.807) is 20.8 Å². The van der Waals surface area contributed by atoms with E-state index in [1.807, 2.05) is 48.5 Å². The van der Waals surface area contributed by atoms with Crippen LogP contribution in [-0.4, -0.2) is 41.4 Å². The fourth-order valence-corrected chi connectivity index (χ4v) is 3.67. The van der Waals surface area contributed by atoms with Gasteiger partial charge in [0, 0.05) is 12.3 Å². The lowest BCUT2D eigenvalue weighted by Crippen LogP contribution is -2.44. The molecule has 2 aromatic rings. The summed E-state index contributed by atoms with van der Waals surface area (Å²) in [6.45, 7) is 5.20. The number of benzene rings is 2. The lowest BCUT2D eigenvalue weighted by Gasteiger charge is -2.24. The van der Waals surface area contributed by atoms with Crippen molar-refractivity contribution in [1.82, 2.24) is 5.32 Å². The third-order valence-electron chi connectivity index (χ3n) is 4.97. The Morgan fingerprint density at radius 1 is 1.00 bits per heavy atom. The Bertz CT molecular complexity index is 933. The molecule has 2 aromatic carbocycles. The summed E-state index contributed by atoms with van der Waals surface area (Å²) in [5.41, 5.74) is 3.61. The molecule has 1 aliphatic carbocycles. The Kier molecular flexibility index (Phi) is 6.63. The van der Waals surface area contributed by atoms with Gasteiger partial charge in [0.2, 0.25) is 0 Å². The minimum atomic E-state index is -1.11. The number of fused-ring (bicyclic) bond motifs is 3. The van der Waals surface area contributed by atoms with Gasteiger partial charge in [0.1, 0.15) is 18.2 Å². The first-order valence-corrected chi connectivity index (χ1v) is 10.2. The van der Waals surface area contributed by atoms with E-state index in [1.165, 1.54) is 0 Å². The molecule has 1 aliphatic rings. The topological polar surface area (TPSA) is 102 Å². The molecule has 0 fully saturated rings. The molecule has 1 amide bonds. The van der Waals surface area contributed by atoms with Crippen LogP contribution in [0.4, 0.5) is 4.79 Å². The van der Waals surface area contributed by atoms with Crippen molar-refractivity contribution in [1.29, 1.82) is 0 Å². The largest absolute Gasteiger partial charge is 0.481 e. The van der Waals surface area contributed by atoms with Crippen molar-refractivity contribution in [3.8, 4) is 11.1 Å². The SMILES string of the molecule is CC(C)(C)OC(=O)[C@@H](CCC(=O)O)NC(=O)OCC1c2ccccc2-c2ccccc21. The Morgan fingerprint density at radius 3 is 2.06 bits per heavy atom. The number of carboxylic acid groups (broad SMARTS) is 1. The summed E-state index contributed by atoms with van der Waals surface area (Å²) in [4.78, 5) is 35.8. The zero-order valence-electron chi connectivity index (χ0n) is 17.9. The molecular formula is C24H27NO6. The van der Waals surface area contributed by atoms with Gasteiger partial charge in [-0.05, 0) is 49.4 Å². The van der Waals surface area contributed by atoms with Crippen LogP contribution in [0.1, 0.15) is 50.7 Å². The molecule has 0 heterocycles. The highest BCUT2D eigenvalue weighted by Crippen LogP contribution is 2.44. The molecule has 7 nitrogen and oxygen atoms in total. The van der Waals surface area contributed by atoms with Crippen LogP contribution >= 0.6 is 0 Å². The zero-order valence-corrected chi connectivity index (χ0v) is 17.9. The molecule has 0 aliphatic heterocycles. The second kappa shape index (κ2) is 9.20. The molecule has 31 heavy (non-hydrogen) atoms. The molecule has 0 saturated carbocycles. The number of esters is 1. The molecule has 0 aromatic heterocycles. The summed E-state index contributed by atoms with van der Waals surface area (Å²) in [7, 11) is 0. The third kappa shape index (κ3) is 5.63. The number of nitrogens with one attached hydrogen (secondary N) is 1. The van der Waals surface area contributed by atoms with Gasteiger partial charge in [-0.25, -0.2) is 9.59 Å². The van der Waals surface area contributed by atoms with E-state index in [-0.39, 0.29) is 25.4 Å². The number of ether oxygens (including phenoxy) is 2. The van der Waals surface area contributed by atoms with Crippen LogP contribution in [0.5, 0.6) is 0 Å². The average molecular weight is 425 g/mol. The van der Waals surface area contributed by atoms with Crippen LogP contribution in [0.3, 0.4) is 0 Å². The second-order valence-electron chi connectivity index (χ2n) is 8.49. The van der Waals surface area contributed by atoms with Gasteiger partial charge >= 0.3 is 18.0 Å². The molecule has 1 atom stereocenters. The van der Waals surface area contributed by atoms with Crippen LogP contribution in [-0.2, 0) is 19.1 Å². The van der Waals surface area contributed by atoms with Gasteiger partial charge in [-0.15, -0.1) is 0 Å². The highest BCUT2D eigenvalue weighted by molar-refractivity contribution is 5.83. The number of aliphatic carboxylic acids is 1. The Balaban J connectivity index is 1.67. The molecule has 0 radical (unpaired) electrons. The molecule has 0 bridgehead atoms. The van der Waals surface area contributed by atoms with Gasteiger partial charge in [-0.3, -0.25) is 4.79 Å². The van der Waals surface area contributed by atoms with Gasteiger partial charge in [0.15, 0.2) is 0 Å². The van der Waals surface area contributed by atoms with Gasteiger partial charge in [-0.2, -0.15) is 0 Å². The lowest BCUT2D eigenvalue weighted by atomic mass is 9.98. The molecule has 0 spiro atoms. The number of rotatable bonds is 7. The van der Waals surface area contributed by atoms with Crippen molar-refractivity contribution < 1.29 is 29.0 Å². The van der Waals surface area contributed by atoms with Crippen LogP contribution in [0, 0.1) is 0 Å². The van der Waals surface area contributed by atoms with Gasteiger partial charge in [0.05, 0.1) is 0 Å². The Hall–Kier alpha value is -3.35. The van der Waals surface area contributed by atoms with Gasteiger partial charge in [-0.1, -0.05) is 48.5 Å². The highest BCUT2D eigenvalue weighted by Gasteiger charge is 2.31. The number of amides is 1. The quantitative estimate of drug-likeness (QED) is 0.648. The van der Waals surface area contributed by atoms with Gasteiger partial charge in [0.25, 0.3) is 0 Å². The molecule has 0 unspecified atom stereocenters. The van der Waals surface area contributed by atoms with Crippen molar-refractivity contribution in [2.75, 3.05) is 6.61 Å². The highest BCUT2D eigenvalue weighted by atomic mass is 16.6. The first-order valence-electron chi connectivity index (χ1n) is 10.2. The van der Waals surface area contributed by atoms with Crippen LogP contribution in [0.25, 0.3) is 11.1 Å². The smallest absolute Gasteiger partial charge is 0.407 e. The maximum atomic E-state index is 12.5. The monoisotopic (exact) mass is 425 g/mol. The summed E-state index contributed by atoms with van der Waals surface area (Å²) in [5.74, 6) is -1.87. The van der Waals surface area contributed by atoms with Crippen molar-refractivity contribution in [3.05, 3.63) is 59.7 Å². The number of carbonyl (C=O) groups is 3. The van der Waals surface area contributed by atoms with E-state index in [0.717, 1.165) is 22.3 Å².